The fourth-order valence-corrected chi connectivity index (χ4v) is 2.07. The van der Waals surface area contributed by atoms with Crippen LogP contribution in [-0.4, -0.2) is 50.6 Å². The lowest BCUT2D eigenvalue weighted by Gasteiger charge is -2.21. The first kappa shape index (κ1) is 15.1. The molecule has 7 heteroatoms. The summed E-state index contributed by atoms with van der Waals surface area (Å²) in [7, 11) is 1.52. The molecule has 1 unspecified atom stereocenters. The van der Waals surface area contributed by atoms with Crippen molar-refractivity contribution in [3.8, 4) is 0 Å². The van der Waals surface area contributed by atoms with Crippen LogP contribution in [0.1, 0.15) is 19.8 Å². The van der Waals surface area contributed by atoms with E-state index in [1.807, 2.05) is 0 Å². The van der Waals surface area contributed by atoms with Crippen LogP contribution in [0, 0.1) is 0 Å². The molecule has 0 radical (unpaired) electrons. The third-order valence-electron chi connectivity index (χ3n) is 3.01. The van der Waals surface area contributed by atoms with Crippen molar-refractivity contribution >= 4 is 11.5 Å². The van der Waals surface area contributed by atoms with Crippen LogP contribution in [0.5, 0.6) is 0 Å². The molecule has 0 aromatic rings. The van der Waals surface area contributed by atoms with Gasteiger partial charge in [-0.1, -0.05) is 0 Å². The van der Waals surface area contributed by atoms with Gasteiger partial charge < -0.3 is 14.2 Å². The number of alkyl halides is 2. The molecule has 20 heavy (non-hydrogen) atoms. The van der Waals surface area contributed by atoms with Gasteiger partial charge in [0.05, 0.1) is 26.2 Å². The monoisotopic (exact) mass is 288 g/mol. The largest absolute Gasteiger partial charge is 0.501 e. The third-order valence-corrected chi connectivity index (χ3v) is 3.01. The molecule has 2 aliphatic heterocycles. The molecule has 0 aromatic carbocycles. The van der Waals surface area contributed by atoms with Gasteiger partial charge in [-0.15, -0.1) is 0 Å². The van der Waals surface area contributed by atoms with E-state index < -0.39 is 18.5 Å². The molecule has 2 rings (SSSR count). The summed E-state index contributed by atoms with van der Waals surface area (Å²) in [5.41, 5.74) is 0.434. The van der Waals surface area contributed by atoms with E-state index in [9.17, 15) is 8.78 Å². The summed E-state index contributed by atoms with van der Waals surface area (Å²) in [6, 6.07) is 0. The summed E-state index contributed by atoms with van der Waals surface area (Å²) >= 11 is 0. The molecule has 1 fully saturated rings. The summed E-state index contributed by atoms with van der Waals surface area (Å²) in [6.07, 6.45) is -0.911. The van der Waals surface area contributed by atoms with Gasteiger partial charge in [0.25, 0.3) is 6.43 Å². The highest BCUT2D eigenvalue weighted by molar-refractivity contribution is 6.04. The molecule has 0 aliphatic carbocycles. The number of methoxy groups -OCH3 is 1. The number of ether oxygens (including phenoxy) is 3. The van der Waals surface area contributed by atoms with E-state index in [0.717, 1.165) is 6.42 Å². The Hall–Kier alpha value is -1.34. The van der Waals surface area contributed by atoms with Gasteiger partial charge in [0, 0.05) is 12.3 Å². The maximum atomic E-state index is 12.9. The average molecular weight is 288 g/mol. The van der Waals surface area contributed by atoms with Crippen molar-refractivity contribution < 1.29 is 23.0 Å². The van der Waals surface area contributed by atoms with Crippen LogP contribution >= 0.6 is 0 Å². The molecule has 1 saturated heterocycles. The molecule has 5 nitrogen and oxygen atoms in total. The second-order valence-corrected chi connectivity index (χ2v) is 4.64. The zero-order chi connectivity index (χ0) is 14.5. The Morgan fingerprint density at radius 2 is 2.25 bits per heavy atom. The highest BCUT2D eigenvalue weighted by Gasteiger charge is 2.25. The molecule has 0 amide bonds. The SMILES string of the molecule is CO/C1=C/C(C)=N/C(C(F)F)=N\C(O[C@H]2CCOC2)C1. The van der Waals surface area contributed by atoms with Gasteiger partial charge in [-0.3, -0.25) is 0 Å². The van der Waals surface area contributed by atoms with Crippen molar-refractivity contribution in [3.05, 3.63) is 11.8 Å². The molecule has 0 bridgehead atoms. The second kappa shape index (κ2) is 6.90. The van der Waals surface area contributed by atoms with E-state index in [2.05, 4.69) is 9.98 Å². The molecule has 0 aromatic heterocycles. The molecular weight excluding hydrogens is 270 g/mol. The molecule has 0 saturated carbocycles. The summed E-state index contributed by atoms with van der Waals surface area (Å²) in [5, 5.41) is 0. The van der Waals surface area contributed by atoms with Crippen LogP contribution in [0.15, 0.2) is 21.8 Å². The first-order chi connectivity index (χ1) is 9.58. The molecule has 2 aliphatic rings. The lowest BCUT2D eigenvalue weighted by atomic mass is 10.2. The van der Waals surface area contributed by atoms with Crippen LogP contribution in [0.3, 0.4) is 0 Å². The summed E-state index contributed by atoms with van der Waals surface area (Å²) < 4.78 is 41.9. The molecule has 112 valence electrons. The van der Waals surface area contributed by atoms with E-state index in [0.29, 0.717) is 31.1 Å². The van der Waals surface area contributed by atoms with Crippen molar-refractivity contribution in [2.75, 3.05) is 20.3 Å². The first-order valence-corrected chi connectivity index (χ1v) is 6.47. The van der Waals surface area contributed by atoms with Crippen molar-refractivity contribution in [2.24, 2.45) is 9.98 Å². The highest BCUT2D eigenvalue weighted by Crippen LogP contribution is 2.20. The second-order valence-electron chi connectivity index (χ2n) is 4.64. The number of halogens is 2. The first-order valence-electron chi connectivity index (χ1n) is 6.47. The number of amidine groups is 1. The van der Waals surface area contributed by atoms with Crippen LogP contribution in [0.25, 0.3) is 0 Å². The fraction of sp³-hybridized carbons (Fsp3) is 0.692. The minimum atomic E-state index is -2.73. The molecule has 2 heterocycles. The van der Waals surface area contributed by atoms with Crippen LogP contribution < -0.4 is 0 Å². The lowest BCUT2D eigenvalue weighted by molar-refractivity contribution is -0.0165. The minimum Gasteiger partial charge on any atom is -0.501 e. The van der Waals surface area contributed by atoms with E-state index >= 15 is 0 Å². The molecular formula is C13H18F2N2O3. The van der Waals surface area contributed by atoms with Crippen LogP contribution in [0.4, 0.5) is 8.78 Å². The Morgan fingerprint density at radius 1 is 1.45 bits per heavy atom. The molecule has 0 spiro atoms. The lowest BCUT2D eigenvalue weighted by Crippen LogP contribution is -2.25. The van der Waals surface area contributed by atoms with Crippen molar-refractivity contribution in [1.29, 1.82) is 0 Å². The van der Waals surface area contributed by atoms with E-state index in [4.69, 9.17) is 14.2 Å². The average Bonchev–Trinajstić information content (AvgIpc) is 2.87. The number of nitrogens with zero attached hydrogens (tertiary/aromatic N) is 2. The number of allylic oxidation sites excluding steroid dienone is 1. The number of aliphatic imine (C=N–C) groups is 2. The summed E-state index contributed by atoms with van der Waals surface area (Å²) in [5.74, 6) is 0.102. The van der Waals surface area contributed by atoms with Gasteiger partial charge in [-0.05, 0) is 19.4 Å². The normalized spacial score (nSPS) is 35.4. The standard InChI is InChI=1S/C13H18F2N2O3/c1-8-5-10(18-2)6-11(17-13(16-8)12(14)15)20-9-3-4-19-7-9/h5,9,11-12H,3-4,6-7H2,1-2H3/b10-5+,16-8+,17-13-/t9-,11?/m0/s1. The van der Waals surface area contributed by atoms with Crippen molar-refractivity contribution in [1.82, 2.24) is 0 Å². The molecule has 2 atom stereocenters. The van der Waals surface area contributed by atoms with Gasteiger partial charge >= 0.3 is 0 Å². The van der Waals surface area contributed by atoms with E-state index in [1.54, 1.807) is 13.0 Å². The van der Waals surface area contributed by atoms with Crippen LogP contribution in [0.2, 0.25) is 0 Å². The Balaban J connectivity index is 2.18. The number of hydrogen-bond acceptors (Lipinski definition) is 5. The van der Waals surface area contributed by atoms with Crippen molar-refractivity contribution in [2.45, 2.75) is 38.5 Å². The Kier molecular flexibility index (Phi) is 5.19. The zero-order valence-corrected chi connectivity index (χ0v) is 11.5. The van der Waals surface area contributed by atoms with Gasteiger partial charge in [0.1, 0.15) is 5.76 Å². The maximum Gasteiger partial charge on any atom is 0.297 e. The number of rotatable bonds is 4. The van der Waals surface area contributed by atoms with E-state index in [1.165, 1.54) is 7.11 Å². The van der Waals surface area contributed by atoms with E-state index in [-0.39, 0.29) is 6.10 Å². The smallest absolute Gasteiger partial charge is 0.297 e. The Labute approximate surface area is 116 Å². The predicted molar refractivity (Wildman–Crippen MR) is 70.4 cm³/mol. The van der Waals surface area contributed by atoms with Gasteiger partial charge in [0.15, 0.2) is 12.1 Å². The van der Waals surface area contributed by atoms with Gasteiger partial charge in [0.2, 0.25) is 0 Å². The third kappa shape index (κ3) is 4.08. The molecule has 0 N–H and O–H groups in total. The summed E-state index contributed by atoms with van der Waals surface area (Å²) in [4.78, 5) is 7.74. The predicted octanol–water partition coefficient (Wildman–Crippen LogP) is 2.18. The zero-order valence-electron chi connectivity index (χ0n) is 11.5. The van der Waals surface area contributed by atoms with Crippen LogP contribution in [-0.2, 0) is 14.2 Å². The minimum absolute atomic E-state index is 0.120. The Bertz CT molecular complexity index is 429. The topological polar surface area (TPSA) is 52.4 Å². The summed E-state index contributed by atoms with van der Waals surface area (Å²) in [6.45, 7) is 2.71. The van der Waals surface area contributed by atoms with Gasteiger partial charge in [-0.2, -0.15) is 0 Å². The van der Waals surface area contributed by atoms with Gasteiger partial charge in [-0.25, -0.2) is 18.8 Å². The highest BCUT2D eigenvalue weighted by atomic mass is 19.3. The fourth-order valence-electron chi connectivity index (χ4n) is 2.07. The number of hydrogen-bond donors (Lipinski definition) is 0. The maximum absolute atomic E-state index is 12.9. The Morgan fingerprint density at radius 3 is 2.85 bits per heavy atom. The van der Waals surface area contributed by atoms with Crippen molar-refractivity contribution in [3.63, 3.8) is 0 Å². The quantitative estimate of drug-likeness (QED) is 0.796.